The number of benzene rings is 1. The molecule has 0 fully saturated rings. The van der Waals surface area contributed by atoms with Crippen LogP contribution in [0.4, 0.5) is 0 Å². The van der Waals surface area contributed by atoms with Gasteiger partial charge in [-0.3, -0.25) is 6.08 Å². The molecule has 0 heterocycles. The summed E-state index contributed by atoms with van der Waals surface area (Å²) in [7, 11) is 0. The largest absolute Gasteiger partial charge is 2.00 e. The summed E-state index contributed by atoms with van der Waals surface area (Å²) in [6.07, 6.45) is 10.0. The van der Waals surface area contributed by atoms with Gasteiger partial charge in [0.1, 0.15) is 0 Å². The van der Waals surface area contributed by atoms with Gasteiger partial charge in [-0.15, -0.1) is 6.42 Å². The fourth-order valence-corrected chi connectivity index (χ4v) is 1.34. The van der Waals surface area contributed by atoms with Crippen LogP contribution in [0.5, 0.6) is 0 Å². The maximum absolute atomic E-state index is 5.61. The van der Waals surface area contributed by atoms with Crippen molar-refractivity contribution < 1.29 is 26.2 Å². The molecule has 2 rings (SSSR count). The van der Waals surface area contributed by atoms with E-state index in [0.717, 1.165) is 6.42 Å². The van der Waals surface area contributed by atoms with Gasteiger partial charge in [-0.1, -0.05) is 40.9 Å². The van der Waals surface area contributed by atoms with E-state index in [4.69, 9.17) is 34.8 Å². The zero-order valence-corrected chi connectivity index (χ0v) is 13.5. The monoisotopic (exact) mass is 350 g/mol. The minimum atomic E-state index is 0. The van der Waals surface area contributed by atoms with Crippen LogP contribution in [0.3, 0.4) is 0 Å². The van der Waals surface area contributed by atoms with Gasteiger partial charge in [-0.25, -0.2) is 12.2 Å². The van der Waals surface area contributed by atoms with Crippen molar-refractivity contribution in [3.8, 4) is 0 Å². The van der Waals surface area contributed by atoms with Crippen molar-refractivity contribution in [2.24, 2.45) is 0 Å². The molecule has 0 bridgehead atoms. The van der Waals surface area contributed by atoms with E-state index < -0.39 is 0 Å². The minimum absolute atomic E-state index is 0. The van der Waals surface area contributed by atoms with Crippen LogP contribution in [0.15, 0.2) is 36.4 Å². The Hall–Kier alpha value is 0.453. The van der Waals surface area contributed by atoms with Gasteiger partial charge in [0.15, 0.2) is 0 Å². The summed E-state index contributed by atoms with van der Waals surface area (Å²) in [5.74, 6) is 0. The molecular formula is C12H11Cl3Zr. The second kappa shape index (κ2) is 10.6. The summed E-state index contributed by atoms with van der Waals surface area (Å²) in [6, 6.07) is 5.13. The van der Waals surface area contributed by atoms with Gasteiger partial charge >= 0.3 is 26.2 Å². The van der Waals surface area contributed by atoms with Crippen LogP contribution in [-0.2, 0) is 26.2 Å². The molecule has 84 valence electrons. The topological polar surface area (TPSA) is 0 Å². The number of hydrogen-bond acceptors (Lipinski definition) is 0. The Morgan fingerprint density at radius 2 is 1.62 bits per heavy atom. The average molecular weight is 353 g/mol. The third-order valence-corrected chi connectivity index (χ3v) is 2.72. The van der Waals surface area contributed by atoms with E-state index in [2.05, 4.69) is 12.2 Å². The molecule has 0 aromatic heterocycles. The third-order valence-electron chi connectivity index (χ3n) is 1.49. The minimum Gasteiger partial charge on any atom is -0.358 e. The molecule has 0 amide bonds. The summed E-state index contributed by atoms with van der Waals surface area (Å²) < 4.78 is 0. The van der Waals surface area contributed by atoms with E-state index >= 15 is 0 Å². The Labute approximate surface area is 131 Å². The van der Waals surface area contributed by atoms with Crippen LogP contribution >= 0.6 is 34.8 Å². The normalized spacial score (nSPS) is 10.9. The summed E-state index contributed by atoms with van der Waals surface area (Å²) in [5, 5.41) is 1.40. The van der Waals surface area contributed by atoms with Crippen molar-refractivity contribution in [3.63, 3.8) is 0 Å². The predicted molar refractivity (Wildman–Crippen MR) is 69.5 cm³/mol. The van der Waals surface area contributed by atoms with Crippen LogP contribution in [0, 0.1) is 13.5 Å². The Morgan fingerprint density at radius 3 is 1.88 bits per heavy atom. The van der Waals surface area contributed by atoms with Crippen molar-refractivity contribution in [2.75, 3.05) is 0 Å². The molecule has 0 radical (unpaired) electrons. The number of halogens is 3. The van der Waals surface area contributed by atoms with Gasteiger partial charge in [0.2, 0.25) is 0 Å². The van der Waals surface area contributed by atoms with Crippen molar-refractivity contribution in [3.05, 3.63) is 65.0 Å². The Balaban J connectivity index is 0. The molecule has 1 aliphatic carbocycles. The molecule has 0 atom stereocenters. The van der Waals surface area contributed by atoms with Gasteiger partial charge in [0, 0.05) is 0 Å². The molecule has 16 heavy (non-hydrogen) atoms. The Morgan fingerprint density at radius 1 is 1.06 bits per heavy atom. The number of hydrogen-bond donors (Lipinski definition) is 0. The zero-order valence-electron chi connectivity index (χ0n) is 8.81. The maximum atomic E-state index is 5.61. The molecule has 0 nitrogen and oxygen atoms in total. The smallest absolute Gasteiger partial charge is 0.358 e. The van der Waals surface area contributed by atoms with Crippen LogP contribution in [0.1, 0.15) is 6.42 Å². The first kappa shape index (κ1) is 18.8. The molecule has 0 saturated heterocycles. The molecule has 4 heteroatoms. The van der Waals surface area contributed by atoms with Crippen molar-refractivity contribution in [1.29, 1.82) is 0 Å². The Kier molecular flexibility index (Phi) is 12.5. The summed E-state index contributed by atoms with van der Waals surface area (Å²) in [5.41, 5.74) is 0. The zero-order chi connectivity index (χ0) is 10.4. The fourth-order valence-electron chi connectivity index (χ4n) is 0.818. The van der Waals surface area contributed by atoms with Crippen molar-refractivity contribution in [1.82, 2.24) is 0 Å². The molecule has 0 aliphatic heterocycles. The number of allylic oxidation sites excluding steroid dienone is 4. The standard InChI is InChI=1S/C6H3Cl3.C5H5.CH3.Zr/c7-4-2-1-3-5(8)6(4)9;1-2-4-5-3-1;;/h1-3H;1-3H,4H2;1H3;/q;2*-1;+2. The molecule has 1 aromatic rings. The molecule has 1 aliphatic rings. The number of rotatable bonds is 0. The average Bonchev–Trinajstić information content (AvgIpc) is 2.72. The predicted octanol–water partition coefficient (Wildman–Crippen LogP) is 5.40. The second-order valence-electron chi connectivity index (χ2n) is 2.54. The van der Waals surface area contributed by atoms with E-state index in [-0.39, 0.29) is 33.6 Å². The molecule has 1 aromatic carbocycles. The summed E-state index contributed by atoms with van der Waals surface area (Å²) >= 11 is 16.8. The van der Waals surface area contributed by atoms with Gasteiger partial charge in [-0.05, 0) is 12.1 Å². The van der Waals surface area contributed by atoms with Gasteiger partial charge in [0.05, 0.1) is 15.1 Å². The molecule has 0 N–H and O–H groups in total. The van der Waals surface area contributed by atoms with E-state index in [1.54, 1.807) is 18.2 Å². The molecular weight excluding hydrogens is 342 g/mol. The van der Waals surface area contributed by atoms with Gasteiger partial charge < -0.3 is 7.43 Å². The summed E-state index contributed by atoms with van der Waals surface area (Å²) in [4.78, 5) is 0. The van der Waals surface area contributed by atoms with Crippen LogP contribution < -0.4 is 0 Å². The molecule has 0 unspecified atom stereocenters. The van der Waals surface area contributed by atoms with Crippen molar-refractivity contribution >= 4 is 34.8 Å². The first-order valence-electron chi connectivity index (χ1n) is 4.03. The second-order valence-corrected chi connectivity index (χ2v) is 3.73. The Bertz CT molecular complexity index is 329. The van der Waals surface area contributed by atoms with Crippen LogP contribution in [-0.4, -0.2) is 0 Å². The maximum Gasteiger partial charge on any atom is 2.00 e. The third kappa shape index (κ3) is 6.91. The quantitative estimate of drug-likeness (QED) is 0.433. The summed E-state index contributed by atoms with van der Waals surface area (Å²) in [6.45, 7) is 0. The molecule has 0 spiro atoms. The van der Waals surface area contributed by atoms with E-state index in [1.165, 1.54) is 0 Å². The van der Waals surface area contributed by atoms with E-state index in [1.807, 2.05) is 12.2 Å². The van der Waals surface area contributed by atoms with E-state index in [0.29, 0.717) is 15.1 Å². The molecule has 0 saturated carbocycles. The fraction of sp³-hybridized carbons (Fsp3) is 0.0833. The van der Waals surface area contributed by atoms with Gasteiger partial charge in [0.25, 0.3) is 0 Å². The van der Waals surface area contributed by atoms with E-state index in [9.17, 15) is 0 Å². The first-order valence-corrected chi connectivity index (χ1v) is 5.16. The first-order chi connectivity index (χ1) is 6.72. The van der Waals surface area contributed by atoms with Gasteiger partial charge in [-0.2, -0.15) is 6.08 Å². The van der Waals surface area contributed by atoms with Crippen LogP contribution in [0.2, 0.25) is 15.1 Å². The van der Waals surface area contributed by atoms with Crippen molar-refractivity contribution in [2.45, 2.75) is 6.42 Å². The SMILES string of the molecule is Clc1cccc(Cl)c1Cl.[C-]1=CC=CC1.[CH3-].[Zr+2]. The van der Waals surface area contributed by atoms with Crippen LogP contribution in [0.25, 0.3) is 0 Å².